The lowest BCUT2D eigenvalue weighted by molar-refractivity contribution is -0.148. The van der Waals surface area contributed by atoms with E-state index in [4.69, 9.17) is 16.3 Å². The van der Waals surface area contributed by atoms with Gasteiger partial charge in [-0.1, -0.05) is 111 Å². The molecular weight excluding hydrogens is 512 g/mol. The van der Waals surface area contributed by atoms with Gasteiger partial charge in [-0.2, -0.15) is 0 Å². The molecule has 0 aromatic heterocycles. The van der Waals surface area contributed by atoms with Gasteiger partial charge in [0.05, 0.1) is 19.1 Å². The van der Waals surface area contributed by atoms with Crippen molar-refractivity contribution in [2.24, 2.45) is 11.3 Å². The number of nitrogens with zero attached hydrogens (tertiary/aromatic N) is 1. The number of methoxy groups -OCH3 is 1. The maximum absolute atomic E-state index is 14.1. The van der Waals surface area contributed by atoms with Gasteiger partial charge in [0.2, 0.25) is 11.8 Å². The van der Waals surface area contributed by atoms with Gasteiger partial charge < -0.3 is 15.0 Å². The number of halogens is 1. The normalized spacial score (nSPS) is 20.9. The SMILES string of the molecule is COC(=O)C1C(c2ccccc2)C(C(=O)NCc2ccccc2Cl)N(C(=O)CC(C)(C)C)C1c1ccccc1. The Labute approximate surface area is 235 Å². The molecular formula is C32H35ClN2O4. The van der Waals surface area contributed by atoms with E-state index in [2.05, 4.69) is 5.32 Å². The lowest BCUT2D eigenvalue weighted by Gasteiger charge is -2.33. The molecule has 4 unspecified atom stereocenters. The van der Waals surface area contributed by atoms with E-state index in [-0.39, 0.29) is 30.2 Å². The third-order valence-electron chi connectivity index (χ3n) is 7.11. The molecule has 6 nitrogen and oxygen atoms in total. The Kier molecular flexibility index (Phi) is 8.76. The molecule has 2 amide bonds. The predicted molar refractivity (Wildman–Crippen MR) is 152 cm³/mol. The number of ether oxygens (including phenoxy) is 1. The number of benzene rings is 3. The van der Waals surface area contributed by atoms with Crippen LogP contribution in [-0.4, -0.2) is 35.8 Å². The molecule has 1 aliphatic rings. The zero-order valence-electron chi connectivity index (χ0n) is 22.8. The molecule has 0 aliphatic carbocycles. The zero-order chi connectivity index (χ0) is 28.2. The first-order valence-electron chi connectivity index (χ1n) is 13.1. The van der Waals surface area contributed by atoms with Gasteiger partial charge in [0.25, 0.3) is 0 Å². The second kappa shape index (κ2) is 12.0. The summed E-state index contributed by atoms with van der Waals surface area (Å²) >= 11 is 6.35. The van der Waals surface area contributed by atoms with E-state index in [1.165, 1.54) is 7.11 Å². The number of hydrogen-bond donors (Lipinski definition) is 1. The standard InChI is InChI=1S/C32H35ClN2O4/c1-32(2,3)19-25(36)35-28(22-15-9-6-10-16-22)27(31(38)39-4)26(21-13-7-5-8-14-21)29(35)30(37)34-20-23-17-11-12-18-24(23)33/h5-18,26-29H,19-20H2,1-4H3,(H,34,37). The van der Waals surface area contributed by atoms with Crippen molar-refractivity contribution in [2.75, 3.05) is 7.11 Å². The average Bonchev–Trinajstić information content (AvgIpc) is 3.28. The molecule has 3 aromatic rings. The van der Waals surface area contributed by atoms with E-state index < -0.39 is 29.9 Å². The van der Waals surface area contributed by atoms with E-state index in [1.807, 2.05) is 99.6 Å². The first-order valence-corrected chi connectivity index (χ1v) is 13.5. The Morgan fingerprint density at radius 2 is 1.44 bits per heavy atom. The summed E-state index contributed by atoms with van der Waals surface area (Å²) in [7, 11) is 1.35. The molecule has 204 valence electrons. The summed E-state index contributed by atoms with van der Waals surface area (Å²) in [5, 5.41) is 3.55. The van der Waals surface area contributed by atoms with Crippen molar-refractivity contribution in [2.45, 2.75) is 51.7 Å². The summed E-state index contributed by atoms with van der Waals surface area (Å²) in [6.45, 7) is 6.14. The van der Waals surface area contributed by atoms with Crippen LogP contribution in [0.4, 0.5) is 0 Å². The number of carbonyl (C=O) groups excluding carboxylic acids is 3. The Bertz CT molecular complexity index is 1310. The highest BCUT2D eigenvalue weighted by atomic mass is 35.5. The lowest BCUT2D eigenvalue weighted by Crippen LogP contribution is -2.49. The molecule has 7 heteroatoms. The number of hydrogen-bond acceptors (Lipinski definition) is 4. The van der Waals surface area contributed by atoms with Crippen molar-refractivity contribution in [3.05, 3.63) is 107 Å². The van der Waals surface area contributed by atoms with Crippen LogP contribution in [-0.2, 0) is 25.7 Å². The molecule has 1 saturated heterocycles. The Morgan fingerprint density at radius 3 is 2.00 bits per heavy atom. The molecule has 3 aromatic carbocycles. The largest absolute Gasteiger partial charge is 0.469 e. The maximum Gasteiger partial charge on any atom is 0.311 e. The van der Waals surface area contributed by atoms with Gasteiger partial charge in [0, 0.05) is 23.9 Å². The molecule has 0 saturated carbocycles. The highest BCUT2D eigenvalue weighted by Crippen LogP contribution is 2.51. The number of carbonyl (C=O) groups is 3. The quantitative estimate of drug-likeness (QED) is 0.373. The molecule has 0 radical (unpaired) electrons. The van der Waals surface area contributed by atoms with Crippen molar-refractivity contribution >= 4 is 29.4 Å². The van der Waals surface area contributed by atoms with Gasteiger partial charge in [0.15, 0.2) is 0 Å². The van der Waals surface area contributed by atoms with E-state index in [0.29, 0.717) is 5.02 Å². The van der Waals surface area contributed by atoms with Crippen LogP contribution >= 0.6 is 11.6 Å². The monoisotopic (exact) mass is 546 g/mol. The minimum Gasteiger partial charge on any atom is -0.469 e. The van der Waals surface area contributed by atoms with Crippen molar-refractivity contribution in [3.63, 3.8) is 0 Å². The molecule has 4 atom stereocenters. The number of likely N-dealkylation sites (tertiary alicyclic amines) is 1. The number of esters is 1. The van der Waals surface area contributed by atoms with E-state index in [9.17, 15) is 14.4 Å². The fourth-order valence-electron chi connectivity index (χ4n) is 5.48. The van der Waals surface area contributed by atoms with Crippen LogP contribution in [0.15, 0.2) is 84.9 Å². The summed E-state index contributed by atoms with van der Waals surface area (Å²) in [5.74, 6) is -2.42. The van der Waals surface area contributed by atoms with Crippen molar-refractivity contribution in [1.82, 2.24) is 10.2 Å². The van der Waals surface area contributed by atoms with Crippen molar-refractivity contribution in [1.29, 1.82) is 0 Å². The second-order valence-electron chi connectivity index (χ2n) is 11.1. The molecule has 1 N–H and O–H groups in total. The van der Waals surface area contributed by atoms with Gasteiger partial charge in [-0.15, -0.1) is 0 Å². The summed E-state index contributed by atoms with van der Waals surface area (Å²) in [5.41, 5.74) is 2.00. The van der Waals surface area contributed by atoms with Crippen molar-refractivity contribution < 1.29 is 19.1 Å². The molecule has 0 spiro atoms. The van der Waals surface area contributed by atoms with E-state index in [0.717, 1.165) is 16.7 Å². The molecule has 1 fully saturated rings. The number of amides is 2. The number of nitrogens with one attached hydrogen (secondary N) is 1. The van der Waals surface area contributed by atoms with E-state index >= 15 is 0 Å². The smallest absolute Gasteiger partial charge is 0.311 e. The fourth-order valence-corrected chi connectivity index (χ4v) is 5.68. The average molecular weight is 547 g/mol. The van der Waals surface area contributed by atoms with Crippen molar-refractivity contribution in [3.8, 4) is 0 Å². The van der Waals surface area contributed by atoms with Crippen LogP contribution < -0.4 is 5.32 Å². The van der Waals surface area contributed by atoms with E-state index in [1.54, 1.807) is 11.0 Å². The van der Waals surface area contributed by atoms with Gasteiger partial charge in [-0.3, -0.25) is 14.4 Å². The summed E-state index contributed by atoms with van der Waals surface area (Å²) in [6, 6.07) is 24.5. The minimum atomic E-state index is -0.945. The molecule has 39 heavy (non-hydrogen) atoms. The van der Waals surface area contributed by atoms with Crippen LogP contribution in [0.25, 0.3) is 0 Å². The maximum atomic E-state index is 14.1. The third kappa shape index (κ3) is 6.34. The van der Waals surface area contributed by atoms with Crippen LogP contribution in [0.2, 0.25) is 5.02 Å². The fraction of sp³-hybridized carbons (Fsp3) is 0.344. The van der Waals surface area contributed by atoms with Gasteiger partial charge in [0.1, 0.15) is 6.04 Å². The third-order valence-corrected chi connectivity index (χ3v) is 7.48. The number of rotatable bonds is 7. The second-order valence-corrected chi connectivity index (χ2v) is 11.5. The highest BCUT2D eigenvalue weighted by molar-refractivity contribution is 6.31. The van der Waals surface area contributed by atoms with Crippen LogP contribution in [0.1, 0.15) is 55.8 Å². The van der Waals surface area contributed by atoms with Crippen LogP contribution in [0.3, 0.4) is 0 Å². The lowest BCUT2D eigenvalue weighted by atomic mass is 9.80. The minimum absolute atomic E-state index is 0.191. The van der Waals surface area contributed by atoms with Gasteiger partial charge >= 0.3 is 5.97 Å². The summed E-state index contributed by atoms with van der Waals surface area (Å²) in [6.07, 6.45) is 0.208. The predicted octanol–water partition coefficient (Wildman–Crippen LogP) is 5.92. The van der Waals surface area contributed by atoms with Gasteiger partial charge in [-0.05, 0) is 28.2 Å². The van der Waals surface area contributed by atoms with Crippen LogP contribution in [0, 0.1) is 11.3 Å². The summed E-state index contributed by atoms with van der Waals surface area (Å²) in [4.78, 5) is 43.4. The zero-order valence-corrected chi connectivity index (χ0v) is 23.5. The molecule has 0 bridgehead atoms. The van der Waals surface area contributed by atoms with Crippen LogP contribution in [0.5, 0.6) is 0 Å². The Hall–Kier alpha value is -3.64. The molecule has 1 heterocycles. The summed E-state index contributed by atoms with van der Waals surface area (Å²) < 4.78 is 5.31. The Balaban J connectivity index is 1.87. The Morgan fingerprint density at radius 1 is 0.872 bits per heavy atom. The molecule has 4 rings (SSSR count). The first kappa shape index (κ1) is 28.4. The topological polar surface area (TPSA) is 75.7 Å². The molecule has 1 aliphatic heterocycles. The van der Waals surface area contributed by atoms with Gasteiger partial charge in [-0.25, -0.2) is 0 Å². The first-order chi connectivity index (χ1) is 18.6. The highest BCUT2D eigenvalue weighted by Gasteiger charge is 2.58.